The molecule has 1 heterocycles. The van der Waals surface area contributed by atoms with Crippen LogP contribution in [-0.4, -0.2) is 6.18 Å². The minimum atomic E-state index is -4.10. The Hall–Kier alpha value is 0.370. The second-order valence-corrected chi connectivity index (χ2v) is 6.75. The van der Waals surface area contributed by atoms with E-state index in [4.69, 9.17) is 5.84 Å². The van der Waals surface area contributed by atoms with Gasteiger partial charge in [-0.25, -0.2) is 0 Å². The first-order valence-electron chi connectivity index (χ1n) is 4.81. The monoisotopic (exact) mass is 394 g/mol. The molecule has 98 valence electrons. The van der Waals surface area contributed by atoms with Gasteiger partial charge in [0.05, 0.1) is 9.83 Å². The molecule has 0 aliphatic carbocycles. The zero-order valence-electron chi connectivity index (χ0n) is 8.65. The normalized spacial score (nSPS) is 14.0. The van der Waals surface area contributed by atoms with Crippen molar-refractivity contribution in [1.82, 2.24) is 5.43 Å². The van der Waals surface area contributed by atoms with Gasteiger partial charge in [-0.15, -0.1) is 11.3 Å². The first kappa shape index (κ1) is 15.4. The third-order valence-electron chi connectivity index (χ3n) is 2.16. The highest BCUT2D eigenvalue weighted by Crippen LogP contribution is 2.37. The highest BCUT2D eigenvalue weighted by Gasteiger charge is 2.27. The van der Waals surface area contributed by atoms with Crippen LogP contribution in [0.3, 0.4) is 0 Å². The van der Waals surface area contributed by atoms with E-state index in [-0.39, 0.29) is 12.5 Å². The van der Waals surface area contributed by atoms with Crippen molar-refractivity contribution in [3.8, 4) is 0 Å². The van der Waals surface area contributed by atoms with Gasteiger partial charge in [-0.05, 0) is 50.8 Å². The van der Waals surface area contributed by atoms with Crippen LogP contribution >= 0.6 is 43.2 Å². The molecule has 3 N–H and O–H groups in total. The number of halogens is 5. The molecule has 17 heavy (non-hydrogen) atoms. The quantitative estimate of drug-likeness (QED) is 0.568. The first-order valence-corrected chi connectivity index (χ1v) is 7.21. The van der Waals surface area contributed by atoms with Crippen LogP contribution in [0.25, 0.3) is 0 Å². The topological polar surface area (TPSA) is 38.0 Å². The van der Waals surface area contributed by atoms with Gasteiger partial charge in [0.15, 0.2) is 0 Å². The summed E-state index contributed by atoms with van der Waals surface area (Å²) in [6.45, 7) is 0. The predicted octanol–water partition coefficient (Wildman–Crippen LogP) is 4.51. The summed E-state index contributed by atoms with van der Waals surface area (Å²) in [6.07, 6.45) is -4.46. The summed E-state index contributed by atoms with van der Waals surface area (Å²) in [5, 5.41) is 0. The predicted molar refractivity (Wildman–Crippen MR) is 69.7 cm³/mol. The number of thiophene rings is 1. The Morgan fingerprint density at radius 1 is 1.41 bits per heavy atom. The molecule has 0 aliphatic heterocycles. The fourth-order valence-electron chi connectivity index (χ4n) is 1.35. The number of alkyl halides is 3. The van der Waals surface area contributed by atoms with Crippen molar-refractivity contribution in [2.45, 2.75) is 31.5 Å². The lowest BCUT2D eigenvalue weighted by Gasteiger charge is -2.14. The average molecular weight is 396 g/mol. The van der Waals surface area contributed by atoms with Crippen molar-refractivity contribution in [2.75, 3.05) is 0 Å². The molecular weight excluding hydrogens is 385 g/mol. The second-order valence-electron chi connectivity index (χ2n) is 3.50. The number of hydrogen-bond donors (Lipinski definition) is 2. The molecule has 1 aromatic heterocycles. The summed E-state index contributed by atoms with van der Waals surface area (Å²) in [5.74, 6) is 5.36. The van der Waals surface area contributed by atoms with E-state index in [1.165, 1.54) is 11.3 Å². The van der Waals surface area contributed by atoms with Crippen molar-refractivity contribution in [3.05, 3.63) is 19.2 Å². The fourth-order valence-corrected chi connectivity index (χ4v) is 3.53. The van der Waals surface area contributed by atoms with Crippen molar-refractivity contribution >= 4 is 43.2 Å². The molecule has 2 nitrogen and oxygen atoms in total. The number of nitrogens with one attached hydrogen (secondary N) is 1. The molecular formula is C9H11Br2F3N2S. The van der Waals surface area contributed by atoms with Crippen LogP contribution in [0, 0.1) is 0 Å². The summed E-state index contributed by atoms with van der Waals surface area (Å²) in [7, 11) is 0. The zero-order valence-corrected chi connectivity index (χ0v) is 12.6. The molecule has 0 aromatic carbocycles. The van der Waals surface area contributed by atoms with Gasteiger partial charge in [0.25, 0.3) is 0 Å². The molecule has 8 heteroatoms. The van der Waals surface area contributed by atoms with Gasteiger partial charge < -0.3 is 0 Å². The van der Waals surface area contributed by atoms with E-state index in [0.717, 1.165) is 13.1 Å². The van der Waals surface area contributed by atoms with Gasteiger partial charge in [-0.2, -0.15) is 13.2 Å². The summed E-state index contributed by atoms with van der Waals surface area (Å²) in [5.41, 5.74) is 2.55. The van der Waals surface area contributed by atoms with E-state index in [0.29, 0.717) is 6.42 Å². The molecule has 1 rings (SSSR count). The Morgan fingerprint density at radius 2 is 2.06 bits per heavy atom. The molecule has 1 aromatic rings. The van der Waals surface area contributed by atoms with Crippen LogP contribution < -0.4 is 11.3 Å². The van der Waals surface area contributed by atoms with Crippen LogP contribution in [0.15, 0.2) is 14.3 Å². The fraction of sp³-hybridized carbons (Fsp3) is 0.556. The highest BCUT2D eigenvalue weighted by molar-refractivity contribution is 9.13. The SMILES string of the molecule is NNC(CCCC(F)(F)F)c1cc(Br)c(Br)s1. The minimum Gasteiger partial charge on any atom is -0.271 e. The summed E-state index contributed by atoms with van der Waals surface area (Å²) in [4.78, 5) is 0.911. The molecule has 0 aliphatic rings. The summed E-state index contributed by atoms with van der Waals surface area (Å²) in [6, 6.07) is 1.61. The van der Waals surface area contributed by atoms with E-state index < -0.39 is 12.6 Å². The van der Waals surface area contributed by atoms with Gasteiger partial charge in [0, 0.05) is 15.8 Å². The largest absolute Gasteiger partial charge is 0.389 e. The van der Waals surface area contributed by atoms with Gasteiger partial charge in [-0.1, -0.05) is 0 Å². The van der Waals surface area contributed by atoms with E-state index in [1.54, 1.807) is 0 Å². The van der Waals surface area contributed by atoms with Crippen molar-refractivity contribution < 1.29 is 13.2 Å². The number of hydrogen-bond acceptors (Lipinski definition) is 3. The number of hydrazine groups is 1. The third-order valence-corrected chi connectivity index (χ3v) is 5.53. The van der Waals surface area contributed by atoms with Crippen LogP contribution in [0.4, 0.5) is 13.2 Å². The molecule has 0 spiro atoms. The van der Waals surface area contributed by atoms with E-state index in [9.17, 15) is 13.2 Å². The lowest BCUT2D eigenvalue weighted by atomic mass is 10.1. The van der Waals surface area contributed by atoms with Crippen molar-refractivity contribution in [3.63, 3.8) is 0 Å². The van der Waals surface area contributed by atoms with E-state index in [1.807, 2.05) is 6.07 Å². The molecule has 0 amide bonds. The standard InChI is InChI=1S/C9H11Br2F3N2S/c10-5-4-7(17-8(5)11)6(16-15)2-1-3-9(12,13)14/h4,6,16H,1-3,15H2. The average Bonchev–Trinajstić information content (AvgIpc) is 2.52. The number of nitrogens with two attached hydrogens (primary N) is 1. The van der Waals surface area contributed by atoms with Gasteiger partial charge in [0.1, 0.15) is 0 Å². The maximum atomic E-state index is 12.0. The number of rotatable bonds is 5. The molecule has 1 atom stereocenters. The van der Waals surface area contributed by atoms with Gasteiger partial charge in [0.2, 0.25) is 0 Å². The lowest BCUT2D eigenvalue weighted by Crippen LogP contribution is -2.27. The minimum absolute atomic E-state index is 0.0610. The van der Waals surface area contributed by atoms with Crippen molar-refractivity contribution in [1.29, 1.82) is 0 Å². The Bertz CT molecular complexity index is 348. The zero-order chi connectivity index (χ0) is 13.1. The molecule has 1 unspecified atom stereocenters. The Balaban J connectivity index is 2.54. The molecule has 0 bridgehead atoms. The Morgan fingerprint density at radius 3 is 2.47 bits per heavy atom. The summed E-state index contributed by atoms with van der Waals surface area (Å²) < 4.78 is 37.8. The Kier molecular flexibility index (Phi) is 5.91. The van der Waals surface area contributed by atoms with Crippen LogP contribution in [-0.2, 0) is 0 Å². The van der Waals surface area contributed by atoms with Crippen LogP contribution in [0.2, 0.25) is 0 Å². The van der Waals surface area contributed by atoms with Crippen LogP contribution in [0.5, 0.6) is 0 Å². The third kappa shape index (κ3) is 5.25. The van der Waals surface area contributed by atoms with E-state index in [2.05, 4.69) is 37.3 Å². The molecule has 0 saturated heterocycles. The maximum Gasteiger partial charge on any atom is 0.389 e. The molecule has 0 saturated carbocycles. The highest BCUT2D eigenvalue weighted by atomic mass is 79.9. The summed E-state index contributed by atoms with van der Waals surface area (Å²) >= 11 is 8.12. The van der Waals surface area contributed by atoms with Gasteiger partial charge in [-0.3, -0.25) is 11.3 Å². The smallest absolute Gasteiger partial charge is 0.271 e. The molecule has 0 radical (unpaired) electrons. The second kappa shape index (κ2) is 6.51. The van der Waals surface area contributed by atoms with Gasteiger partial charge >= 0.3 is 6.18 Å². The molecule has 0 fully saturated rings. The Labute approximate surface area is 118 Å². The van der Waals surface area contributed by atoms with E-state index >= 15 is 0 Å². The van der Waals surface area contributed by atoms with Crippen molar-refractivity contribution in [2.24, 2.45) is 5.84 Å². The van der Waals surface area contributed by atoms with Crippen LogP contribution in [0.1, 0.15) is 30.2 Å². The maximum absolute atomic E-state index is 12.0. The first-order chi connectivity index (χ1) is 7.83. The lowest BCUT2D eigenvalue weighted by molar-refractivity contribution is -0.135.